The summed E-state index contributed by atoms with van der Waals surface area (Å²) in [6.07, 6.45) is -3.33. The highest BCUT2D eigenvalue weighted by Gasteiger charge is 2.33. The first-order valence-corrected chi connectivity index (χ1v) is 18.4. The van der Waals surface area contributed by atoms with Crippen molar-refractivity contribution in [2.24, 2.45) is 0 Å². The molecule has 3 unspecified atom stereocenters. The van der Waals surface area contributed by atoms with Crippen molar-refractivity contribution in [1.29, 1.82) is 0 Å². The highest BCUT2D eigenvalue weighted by atomic mass is 127. The van der Waals surface area contributed by atoms with Gasteiger partial charge in [0, 0.05) is 52.0 Å². The maximum Gasteiger partial charge on any atom is 0.303 e. The van der Waals surface area contributed by atoms with Crippen LogP contribution in [-0.4, -0.2) is 111 Å². The molecule has 3 atom stereocenters. The Labute approximate surface area is 339 Å². The van der Waals surface area contributed by atoms with Crippen molar-refractivity contribution in [3.63, 3.8) is 0 Å². The lowest BCUT2D eigenvalue weighted by Crippen LogP contribution is -2.43. The van der Waals surface area contributed by atoms with Gasteiger partial charge in [-0.15, -0.1) is 0 Å². The molecule has 0 aromatic heterocycles. The molecule has 0 aliphatic rings. The number of carbonyl (C=O) groups is 9. The van der Waals surface area contributed by atoms with Gasteiger partial charge in [0.15, 0.2) is 18.3 Å². The monoisotopic (exact) mass is 1070 g/mol. The summed E-state index contributed by atoms with van der Waals surface area (Å²) in [5.41, 5.74) is -0.137. The molecule has 0 aliphatic heterocycles. The number of ether oxygens (including phenoxy) is 6. The third-order valence-corrected chi connectivity index (χ3v) is 9.36. The van der Waals surface area contributed by atoms with E-state index in [2.05, 4.69) is 10.6 Å². The number of halogens is 3. The van der Waals surface area contributed by atoms with Crippen molar-refractivity contribution in [2.75, 3.05) is 44.4 Å². The SMILES string of the molecule is CC(=O)OCC(CNC(=O)c1c(I)c(C(=O)NCC(COC(C)=O)OC(C)=O)c(I)c(N(CC(COC(C)=O)OC(C)=O)C(C)=O)c1I)OC(C)=O. The van der Waals surface area contributed by atoms with Crippen molar-refractivity contribution < 1.29 is 71.6 Å². The number of nitrogens with zero attached hydrogens (tertiary/aromatic N) is 1. The molecule has 3 amide bonds. The summed E-state index contributed by atoms with van der Waals surface area (Å²) in [5.74, 6) is -6.31. The highest BCUT2D eigenvalue weighted by Crippen LogP contribution is 2.38. The van der Waals surface area contributed by atoms with E-state index >= 15 is 0 Å². The Morgan fingerprint density at radius 3 is 1.15 bits per heavy atom. The molecular weight excluding hydrogens is 1040 g/mol. The zero-order chi connectivity index (χ0) is 39.9. The number of nitrogens with one attached hydrogen (secondary N) is 2. The maximum absolute atomic E-state index is 13.9. The summed E-state index contributed by atoms with van der Waals surface area (Å²) in [7, 11) is 0. The lowest BCUT2D eigenvalue weighted by molar-refractivity contribution is -0.155. The molecule has 0 spiro atoms. The fourth-order valence-electron chi connectivity index (χ4n) is 4.19. The number of anilines is 1. The third kappa shape index (κ3) is 16.1. The van der Waals surface area contributed by atoms with E-state index in [1.54, 1.807) is 22.6 Å². The molecule has 0 saturated heterocycles. The molecule has 1 aromatic rings. The second kappa shape index (κ2) is 22.7. The lowest BCUT2D eigenvalue weighted by Gasteiger charge is -2.30. The third-order valence-electron chi connectivity index (χ3n) is 6.18. The van der Waals surface area contributed by atoms with Crippen molar-refractivity contribution >= 4 is 127 Å². The molecule has 0 bridgehead atoms. The maximum atomic E-state index is 13.9. The van der Waals surface area contributed by atoms with Crippen molar-refractivity contribution in [3.05, 3.63) is 21.8 Å². The highest BCUT2D eigenvalue weighted by molar-refractivity contribution is 14.1. The topological polar surface area (TPSA) is 236 Å². The van der Waals surface area contributed by atoms with E-state index in [4.69, 9.17) is 28.4 Å². The minimum Gasteiger partial charge on any atom is -0.462 e. The zero-order valence-electron chi connectivity index (χ0n) is 29.2. The first-order chi connectivity index (χ1) is 24.2. The molecular formula is C31H38I3N3O15. The smallest absolute Gasteiger partial charge is 0.303 e. The molecule has 21 heteroatoms. The minimum absolute atomic E-state index is 0.0530. The van der Waals surface area contributed by atoms with E-state index in [9.17, 15) is 43.2 Å². The summed E-state index contributed by atoms with van der Waals surface area (Å²) in [6.45, 7) is 5.83. The molecule has 0 aliphatic carbocycles. The molecule has 52 heavy (non-hydrogen) atoms. The predicted molar refractivity (Wildman–Crippen MR) is 204 cm³/mol. The van der Waals surface area contributed by atoms with Gasteiger partial charge in [-0.05, 0) is 67.8 Å². The van der Waals surface area contributed by atoms with Crippen LogP contribution in [0.3, 0.4) is 0 Å². The van der Waals surface area contributed by atoms with Crippen LogP contribution in [0.5, 0.6) is 0 Å². The van der Waals surface area contributed by atoms with Crippen molar-refractivity contribution in [3.8, 4) is 0 Å². The van der Waals surface area contributed by atoms with E-state index < -0.39 is 78.5 Å². The van der Waals surface area contributed by atoms with Crippen LogP contribution in [-0.2, 0) is 62.0 Å². The molecule has 288 valence electrons. The average Bonchev–Trinajstić information content (AvgIpc) is 3.00. The Hall–Kier alpha value is -3.36. The van der Waals surface area contributed by atoms with Crippen LogP contribution < -0.4 is 15.5 Å². The molecule has 1 rings (SSSR count). The predicted octanol–water partition coefficient (Wildman–Crippen LogP) is 1.80. The Bertz CT molecular complexity index is 1490. The quantitative estimate of drug-likeness (QED) is 0.121. The van der Waals surface area contributed by atoms with Crippen molar-refractivity contribution in [2.45, 2.75) is 66.8 Å². The van der Waals surface area contributed by atoms with Gasteiger partial charge in [0.1, 0.15) is 19.8 Å². The summed E-state index contributed by atoms with van der Waals surface area (Å²) in [6, 6.07) is 0. The zero-order valence-corrected chi connectivity index (χ0v) is 35.7. The van der Waals surface area contributed by atoms with Gasteiger partial charge in [-0.2, -0.15) is 0 Å². The molecule has 0 heterocycles. The van der Waals surface area contributed by atoms with Gasteiger partial charge in [-0.25, -0.2) is 0 Å². The number of amides is 3. The minimum atomic E-state index is -1.16. The Kier molecular flexibility index (Phi) is 20.3. The van der Waals surface area contributed by atoms with Crippen molar-refractivity contribution in [1.82, 2.24) is 10.6 Å². The largest absolute Gasteiger partial charge is 0.462 e. The van der Waals surface area contributed by atoms with Gasteiger partial charge in [0.05, 0.1) is 43.6 Å². The summed E-state index contributed by atoms with van der Waals surface area (Å²) in [5, 5.41) is 5.20. The molecule has 1 aromatic carbocycles. The molecule has 2 N–H and O–H groups in total. The second-order valence-corrected chi connectivity index (χ2v) is 13.9. The first-order valence-electron chi connectivity index (χ1n) is 15.1. The van der Waals surface area contributed by atoms with E-state index in [0.29, 0.717) is 0 Å². The molecule has 0 fully saturated rings. The van der Waals surface area contributed by atoms with E-state index in [1.807, 2.05) is 45.2 Å². The number of benzene rings is 1. The van der Waals surface area contributed by atoms with Gasteiger partial charge in [-0.1, -0.05) is 0 Å². The molecule has 0 radical (unpaired) electrons. The van der Waals surface area contributed by atoms with Gasteiger partial charge >= 0.3 is 35.8 Å². The summed E-state index contributed by atoms with van der Waals surface area (Å²) in [4.78, 5) is 112. The van der Waals surface area contributed by atoms with Crippen LogP contribution in [0.15, 0.2) is 0 Å². The standard InChI is InChI=1S/C31H38I3N3O15/c1-14(38)37(10-23(52-20(7)44)13-49-17(4)41)29-27(33)24(30(45)35-8-21(50-18(5)42)11-47-15(2)39)26(32)25(28(29)34)31(46)36-9-22(51-19(6)43)12-48-16(3)40/h21-23H,8-13H2,1-7H3,(H,35,45)(H,36,46). The van der Waals surface area contributed by atoms with Gasteiger partial charge in [0.2, 0.25) is 5.91 Å². The van der Waals surface area contributed by atoms with Crippen LogP contribution >= 0.6 is 67.8 Å². The molecule has 18 nitrogen and oxygen atoms in total. The number of carbonyl (C=O) groups excluding carboxylic acids is 9. The number of hydrogen-bond acceptors (Lipinski definition) is 15. The van der Waals surface area contributed by atoms with E-state index in [-0.39, 0.29) is 60.4 Å². The summed E-state index contributed by atoms with van der Waals surface area (Å²) >= 11 is 5.41. The first kappa shape index (κ1) is 46.7. The average molecular weight is 1070 g/mol. The second-order valence-electron chi connectivity index (χ2n) is 10.7. The van der Waals surface area contributed by atoms with Crippen LogP contribution in [0.25, 0.3) is 0 Å². The number of rotatable bonds is 18. The van der Waals surface area contributed by atoms with Crippen LogP contribution in [0.1, 0.15) is 69.2 Å². The lowest BCUT2D eigenvalue weighted by atomic mass is 10.1. The normalized spacial score (nSPS) is 12.2. The Balaban J connectivity index is 3.86. The van der Waals surface area contributed by atoms with Gasteiger partial charge in [0.25, 0.3) is 11.8 Å². The Morgan fingerprint density at radius 1 is 0.519 bits per heavy atom. The van der Waals surface area contributed by atoms with Crippen LogP contribution in [0, 0.1) is 10.7 Å². The van der Waals surface area contributed by atoms with Gasteiger partial charge in [-0.3, -0.25) is 43.2 Å². The Morgan fingerprint density at radius 2 is 0.846 bits per heavy atom. The van der Waals surface area contributed by atoms with E-state index in [0.717, 1.165) is 46.4 Å². The van der Waals surface area contributed by atoms with E-state index in [1.165, 1.54) is 6.92 Å². The van der Waals surface area contributed by atoms with Crippen LogP contribution in [0.4, 0.5) is 5.69 Å². The summed E-state index contributed by atoms with van der Waals surface area (Å²) < 4.78 is 31.0. The fourth-order valence-corrected chi connectivity index (χ4v) is 8.91. The van der Waals surface area contributed by atoms with Gasteiger partial charge < -0.3 is 44.0 Å². The fraction of sp³-hybridized carbons (Fsp3) is 0.516. The molecule has 0 saturated carbocycles. The number of hydrogen-bond donors (Lipinski definition) is 2. The van der Waals surface area contributed by atoms with Crippen LogP contribution in [0.2, 0.25) is 0 Å². The number of esters is 6.